The fourth-order valence-corrected chi connectivity index (χ4v) is 2.91. The SMILES string of the molecule is CN(c1n[nH]c(=S)s1)C1CCCCC1. The first-order valence-corrected chi connectivity index (χ1v) is 6.28. The van der Waals surface area contributed by atoms with Crippen molar-refractivity contribution in [2.45, 2.75) is 38.1 Å². The van der Waals surface area contributed by atoms with E-state index in [4.69, 9.17) is 12.2 Å². The smallest absolute Gasteiger partial charge is 0.206 e. The van der Waals surface area contributed by atoms with Gasteiger partial charge in [-0.2, -0.15) is 0 Å². The lowest BCUT2D eigenvalue weighted by molar-refractivity contribution is 0.427. The van der Waals surface area contributed by atoms with Crippen molar-refractivity contribution < 1.29 is 0 Å². The lowest BCUT2D eigenvalue weighted by atomic mass is 9.95. The minimum absolute atomic E-state index is 0.665. The molecule has 0 atom stereocenters. The molecule has 0 spiro atoms. The summed E-state index contributed by atoms with van der Waals surface area (Å²) in [5.74, 6) is 0. The monoisotopic (exact) mass is 229 g/mol. The molecule has 1 aliphatic rings. The second-order valence-electron chi connectivity index (χ2n) is 3.80. The van der Waals surface area contributed by atoms with Gasteiger partial charge in [-0.3, -0.25) is 5.10 Å². The Hall–Kier alpha value is -0.420. The van der Waals surface area contributed by atoms with Crippen LogP contribution in [-0.2, 0) is 0 Å². The van der Waals surface area contributed by atoms with Gasteiger partial charge >= 0.3 is 0 Å². The molecule has 1 aromatic rings. The van der Waals surface area contributed by atoms with Gasteiger partial charge in [-0.15, -0.1) is 5.10 Å². The van der Waals surface area contributed by atoms with E-state index >= 15 is 0 Å². The molecule has 0 aromatic carbocycles. The number of nitrogens with one attached hydrogen (secondary N) is 1. The third kappa shape index (κ3) is 2.15. The van der Waals surface area contributed by atoms with Gasteiger partial charge in [0.05, 0.1) is 0 Å². The summed E-state index contributed by atoms with van der Waals surface area (Å²) in [6.07, 6.45) is 6.68. The predicted octanol–water partition coefficient (Wildman–Crippen LogP) is 2.97. The fourth-order valence-electron chi connectivity index (χ4n) is 2.00. The van der Waals surface area contributed by atoms with Crippen molar-refractivity contribution in [2.75, 3.05) is 11.9 Å². The van der Waals surface area contributed by atoms with E-state index in [1.54, 1.807) is 11.3 Å². The highest BCUT2D eigenvalue weighted by atomic mass is 32.1. The number of rotatable bonds is 2. The Labute approximate surface area is 93.1 Å². The maximum Gasteiger partial charge on any atom is 0.206 e. The van der Waals surface area contributed by atoms with E-state index in [1.165, 1.54) is 32.1 Å². The normalized spacial score (nSPS) is 18.4. The summed E-state index contributed by atoms with van der Waals surface area (Å²) in [4.78, 5) is 2.27. The Kier molecular flexibility index (Phi) is 3.18. The van der Waals surface area contributed by atoms with Gasteiger partial charge in [0.1, 0.15) is 0 Å². The zero-order valence-corrected chi connectivity index (χ0v) is 9.96. The van der Waals surface area contributed by atoms with Crippen LogP contribution in [0.2, 0.25) is 0 Å². The fraction of sp³-hybridized carbons (Fsp3) is 0.778. The van der Waals surface area contributed by atoms with Crippen LogP contribution in [0.3, 0.4) is 0 Å². The molecule has 1 aromatic heterocycles. The first kappa shape index (κ1) is 10.1. The Balaban J connectivity index is 2.06. The first-order valence-electron chi connectivity index (χ1n) is 5.06. The van der Waals surface area contributed by atoms with E-state index in [2.05, 4.69) is 22.1 Å². The van der Waals surface area contributed by atoms with Crippen molar-refractivity contribution in [2.24, 2.45) is 0 Å². The summed E-state index contributed by atoms with van der Waals surface area (Å²) >= 11 is 6.59. The van der Waals surface area contributed by atoms with Crippen molar-refractivity contribution >= 4 is 28.7 Å². The molecule has 0 aliphatic heterocycles. The largest absolute Gasteiger partial charge is 0.347 e. The van der Waals surface area contributed by atoms with E-state index in [0.29, 0.717) is 6.04 Å². The molecular weight excluding hydrogens is 214 g/mol. The van der Waals surface area contributed by atoms with Crippen LogP contribution in [0.25, 0.3) is 0 Å². The summed E-state index contributed by atoms with van der Waals surface area (Å²) in [7, 11) is 2.12. The van der Waals surface area contributed by atoms with Crippen LogP contribution in [0.4, 0.5) is 5.13 Å². The third-order valence-electron chi connectivity index (χ3n) is 2.85. The molecule has 0 unspecified atom stereocenters. The van der Waals surface area contributed by atoms with Crippen LogP contribution in [0.15, 0.2) is 0 Å². The Morgan fingerprint density at radius 3 is 2.71 bits per heavy atom. The number of H-pyrrole nitrogens is 1. The first-order chi connectivity index (χ1) is 6.77. The predicted molar refractivity (Wildman–Crippen MR) is 62.6 cm³/mol. The van der Waals surface area contributed by atoms with Crippen LogP contribution in [-0.4, -0.2) is 23.3 Å². The quantitative estimate of drug-likeness (QED) is 0.791. The summed E-state index contributed by atoms with van der Waals surface area (Å²) in [6.45, 7) is 0. The summed E-state index contributed by atoms with van der Waals surface area (Å²) < 4.78 is 0.766. The van der Waals surface area contributed by atoms with Crippen molar-refractivity contribution in [3.63, 3.8) is 0 Å². The molecule has 1 saturated carbocycles. The number of hydrogen-bond acceptors (Lipinski definition) is 4. The molecule has 0 amide bonds. The number of aromatic amines is 1. The third-order valence-corrected chi connectivity index (χ3v) is 4.03. The van der Waals surface area contributed by atoms with E-state index in [1.807, 2.05) is 0 Å². The zero-order valence-electron chi connectivity index (χ0n) is 8.32. The number of aromatic nitrogens is 2. The molecule has 0 bridgehead atoms. The average molecular weight is 229 g/mol. The van der Waals surface area contributed by atoms with E-state index in [9.17, 15) is 0 Å². The van der Waals surface area contributed by atoms with Crippen LogP contribution in [0, 0.1) is 3.95 Å². The minimum Gasteiger partial charge on any atom is -0.347 e. The topological polar surface area (TPSA) is 31.9 Å². The van der Waals surface area contributed by atoms with E-state index in [0.717, 1.165) is 9.09 Å². The Bertz CT molecular complexity index is 338. The Morgan fingerprint density at radius 1 is 1.43 bits per heavy atom. The van der Waals surface area contributed by atoms with Gasteiger partial charge in [-0.25, -0.2) is 0 Å². The maximum atomic E-state index is 5.03. The highest BCUT2D eigenvalue weighted by molar-refractivity contribution is 7.73. The van der Waals surface area contributed by atoms with Crippen LogP contribution >= 0.6 is 23.6 Å². The van der Waals surface area contributed by atoms with Gasteiger partial charge in [0.15, 0.2) is 3.95 Å². The van der Waals surface area contributed by atoms with Gasteiger partial charge in [-0.05, 0) is 25.1 Å². The molecule has 1 N–H and O–H groups in total. The number of anilines is 1. The summed E-state index contributed by atoms with van der Waals surface area (Å²) in [5.41, 5.74) is 0. The molecule has 14 heavy (non-hydrogen) atoms. The number of nitrogens with zero attached hydrogens (tertiary/aromatic N) is 2. The van der Waals surface area contributed by atoms with Crippen molar-refractivity contribution in [1.29, 1.82) is 0 Å². The van der Waals surface area contributed by atoms with E-state index in [-0.39, 0.29) is 0 Å². The maximum absolute atomic E-state index is 5.03. The summed E-state index contributed by atoms with van der Waals surface area (Å²) in [5, 5.41) is 8.07. The lowest BCUT2D eigenvalue weighted by Crippen LogP contribution is -2.33. The second-order valence-corrected chi connectivity index (χ2v) is 5.44. The minimum atomic E-state index is 0.665. The van der Waals surface area contributed by atoms with Crippen molar-refractivity contribution in [3.05, 3.63) is 3.95 Å². The van der Waals surface area contributed by atoms with Gasteiger partial charge in [0.25, 0.3) is 0 Å². The summed E-state index contributed by atoms with van der Waals surface area (Å²) in [6, 6.07) is 0.665. The standard InChI is InChI=1S/C9H15N3S2/c1-12(7-5-3-2-4-6-7)8-10-11-9(13)14-8/h7H,2-6H2,1H3,(H,11,13). The van der Waals surface area contributed by atoms with Crippen LogP contribution < -0.4 is 4.90 Å². The lowest BCUT2D eigenvalue weighted by Gasteiger charge is -2.30. The Morgan fingerprint density at radius 2 is 2.14 bits per heavy atom. The molecule has 78 valence electrons. The van der Waals surface area contributed by atoms with Crippen molar-refractivity contribution in [3.8, 4) is 0 Å². The average Bonchev–Trinajstić information content (AvgIpc) is 2.65. The highest BCUT2D eigenvalue weighted by Crippen LogP contribution is 2.26. The molecule has 5 heteroatoms. The van der Waals surface area contributed by atoms with Crippen molar-refractivity contribution in [1.82, 2.24) is 10.2 Å². The molecule has 1 heterocycles. The van der Waals surface area contributed by atoms with Gasteiger partial charge < -0.3 is 4.90 Å². The zero-order chi connectivity index (χ0) is 9.97. The molecule has 0 saturated heterocycles. The molecule has 1 aliphatic carbocycles. The molecule has 1 fully saturated rings. The highest BCUT2D eigenvalue weighted by Gasteiger charge is 2.19. The van der Waals surface area contributed by atoms with E-state index < -0.39 is 0 Å². The van der Waals surface area contributed by atoms with Gasteiger partial charge in [-0.1, -0.05) is 30.6 Å². The molecular formula is C9H15N3S2. The molecule has 0 radical (unpaired) electrons. The van der Waals surface area contributed by atoms with Gasteiger partial charge in [0, 0.05) is 13.1 Å². The molecule has 3 nitrogen and oxygen atoms in total. The molecule has 2 rings (SSSR count). The second kappa shape index (κ2) is 4.40. The van der Waals surface area contributed by atoms with Crippen LogP contribution in [0.5, 0.6) is 0 Å². The number of hydrogen-bond donors (Lipinski definition) is 1. The van der Waals surface area contributed by atoms with Gasteiger partial charge in [0.2, 0.25) is 5.13 Å². The van der Waals surface area contributed by atoms with Crippen LogP contribution in [0.1, 0.15) is 32.1 Å².